The molecule has 0 unspecified atom stereocenters. The molecule has 2 amide bonds. The number of benzene rings is 3. The van der Waals surface area contributed by atoms with Crippen LogP contribution in [0, 0.1) is 0 Å². The molecular weight excluding hydrogens is 514 g/mol. The fraction of sp³-hybridized carbons (Fsp3) is 0.0800. The van der Waals surface area contributed by atoms with E-state index in [1.165, 1.54) is 12.1 Å². The van der Waals surface area contributed by atoms with Crippen molar-refractivity contribution in [2.24, 2.45) is 5.14 Å². The first-order valence-corrected chi connectivity index (χ1v) is 13.0. The molecule has 4 aromatic rings. The average molecular weight is 538 g/mol. The lowest BCUT2D eigenvalue weighted by atomic mass is 10.2. The molecule has 0 fully saturated rings. The maximum absolute atomic E-state index is 12.3. The van der Waals surface area contributed by atoms with Crippen molar-refractivity contribution in [3.8, 4) is 0 Å². The van der Waals surface area contributed by atoms with E-state index in [2.05, 4.69) is 25.9 Å². The van der Waals surface area contributed by atoms with Crippen molar-refractivity contribution in [1.82, 2.24) is 15.3 Å². The topological polar surface area (TPSA) is 142 Å². The van der Waals surface area contributed by atoms with Gasteiger partial charge in [-0.3, -0.25) is 0 Å². The molecule has 0 saturated heterocycles. The highest BCUT2D eigenvalue weighted by molar-refractivity contribution is 7.89. The number of sulfonamides is 1. The van der Waals surface area contributed by atoms with Gasteiger partial charge in [0, 0.05) is 41.9 Å². The zero-order chi connectivity index (χ0) is 26.4. The fourth-order valence-electron chi connectivity index (χ4n) is 3.37. The quantitative estimate of drug-likeness (QED) is 0.257. The Labute approximate surface area is 219 Å². The summed E-state index contributed by atoms with van der Waals surface area (Å²) in [5, 5.41) is 14.4. The third-order valence-electron chi connectivity index (χ3n) is 5.31. The molecule has 4 rings (SSSR count). The molecule has 0 spiro atoms. The van der Waals surface area contributed by atoms with E-state index in [4.69, 9.17) is 16.7 Å². The number of primary sulfonamides is 1. The number of aromatic nitrogens is 2. The van der Waals surface area contributed by atoms with Gasteiger partial charge in [0.2, 0.25) is 16.0 Å². The number of carbonyl (C=O) groups is 1. The molecule has 0 aliphatic heterocycles. The van der Waals surface area contributed by atoms with E-state index in [1.807, 2.05) is 42.3 Å². The van der Waals surface area contributed by atoms with E-state index >= 15 is 0 Å². The van der Waals surface area contributed by atoms with Crippen LogP contribution in [-0.4, -0.2) is 31.5 Å². The largest absolute Gasteiger partial charge is 0.334 e. The minimum absolute atomic E-state index is 0.0167. The van der Waals surface area contributed by atoms with Crippen LogP contribution in [0.15, 0.2) is 90.0 Å². The first-order chi connectivity index (χ1) is 17.7. The van der Waals surface area contributed by atoms with Crippen molar-refractivity contribution in [2.75, 3.05) is 22.6 Å². The van der Waals surface area contributed by atoms with Gasteiger partial charge < -0.3 is 20.9 Å². The fourth-order valence-corrected chi connectivity index (χ4v) is 4.13. The summed E-state index contributed by atoms with van der Waals surface area (Å²) in [6, 6.07) is 22.0. The number of urea groups is 1. The van der Waals surface area contributed by atoms with Gasteiger partial charge >= 0.3 is 6.03 Å². The summed E-state index contributed by atoms with van der Waals surface area (Å²) < 4.78 is 23.2. The summed E-state index contributed by atoms with van der Waals surface area (Å²) in [6.07, 6.45) is 1.59. The van der Waals surface area contributed by atoms with Crippen LogP contribution >= 0.6 is 11.6 Å². The van der Waals surface area contributed by atoms with Gasteiger partial charge in [-0.1, -0.05) is 35.9 Å². The lowest BCUT2D eigenvalue weighted by molar-refractivity contribution is 0.251. The van der Waals surface area contributed by atoms with E-state index in [1.54, 1.807) is 42.6 Å². The van der Waals surface area contributed by atoms with Gasteiger partial charge in [-0.25, -0.2) is 23.3 Å². The van der Waals surface area contributed by atoms with Gasteiger partial charge in [-0.05, 0) is 60.2 Å². The second-order valence-corrected chi connectivity index (χ2v) is 9.91. The number of hydrogen-bond acceptors (Lipinski definition) is 7. The van der Waals surface area contributed by atoms with Crippen molar-refractivity contribution in [2.45, 2.75) is 11.4 Å². The van der Waals surface area contributed by atoms with Crippen LogP contribution in [-0.2, 0) is 16.6 Å². The van der Waals surface area contributed by atoms with Gasteiger partial charge in [0.05, 0.1) is 4.90 Å². The minimum Gasteiger partial charge on any atom is -0.334 e. The van der Waals surface area contributed by atoms with Gasteiger partial charge in [-0.2, -0.15) is 4.98 Å². The van der Waals surface area contributed by atoms with Gasteiger partial charge in [0.1, 0.15) is 5.82 Å². The second kappa shape index (κ2) is 11.2. The van der Waals surface area contributed by atoms with Gasteiger partial charge in [0.15, 0.2) is 0 Å². The molecule has 0 saturated carbocycles. The zero-order valence-electron chi connectivity index (χ0n) is 19.7. The van der Waals surface area contributed by atoms with Crippen molar-refractivity contribution >= 4 is 56.5 Å². The summed E-state index contributed by atoms with van der Waals surface area (Å²) >= 11 is 6.12. The number of nitrogens with zero attached hydrogens (tertiary/aromatic N) is 3. The smallest absolute Gasteiger partial charge is 0.319 e. The van der Waals surface area contributed by atoms with Crippen LogP contribution in [0.25, 0.3) is 0 Å². The van der Waals surface area contributed by atoms with E-state index in [0.29, 0.717) is 28.8 Å². The minimum atomic E-state index is -3.83. The maximum Gasteiger partial charge on any atom is 0.319 e. The van der Waals surface area contributed by atoms with Crippen molar-refractivity contribution in [3.63, 3.8) is 0 Å². The number of nitrogens with one attached hydrogen (secondary N) is 3. The van der Waals surface area contributed by atoms with E-state index in [0.717, 1.165) is 11.3 Å². The summed E-state index contributed by atoms with van der Waals surface area (Å²) in [6.45, 7) is 0.308. The Morgan fingerprint density at radius 1 is 1.00 bits per heavy atom. The number of hydrogen-bond donors (Lipinski definition) is 4. The normalized spacial score (nSPS) is 11.0. The Kier molecular flexibility index (Phi) is 7.87. The summed E-state index contributed by atoms with van der Waals surface area (Å²) in [5.74, 6) is 0.877. The standard InChI is InChI=1S/C25H24ClN7O3S/c1-33(23-13-14-28-24(32-23)30-19-6-4-7-21(15-19)37(27,35)36)20-11-9-18(10-12-20)31-25(34)29-16-17-5-2-3-8-22(17)26/h2-15H,16H2,1H3,(H2,27,35,36)(H,28,30,32)(H2,29,31,34). The van der Waals surface area contributed by atoms with E-state index in [-0.39, 0.29) is 16.9 Å². The predicted octanol–water partition coefficient (Wildman–Crippen LogP) is 4.61. The van der Waals surface area contributed by atoms with Crippen molar-refractivity contribution in [1.29, 1.82) is 0 Å². The van der Waals surface area contributed by atoms with Crippen LogP contribution in [0.2, 0.25) is 5.02 Å². The molecule has 37 heavy (non-hydrogen) atoms. The van der Waals surface area contributed by atoms with Crippen molar-refractivity contribution < 1.29 is 13.2 Å². The molecular formula is C25H24ClN7O3S. The summed E-state index contributed by atoms with van der Waals surface area (Å²) in [4.78, 5) is 22.8. The number of nitrogens with two attached hydrogens (primary N) is 1. The third kappa shape index (κ3) is 6.94. The molecule has 1 heterocycles. The maximum atomic E-state index is 12.3. The summed E-state index contributed by atoms with van der Waals surface area (Å²) in [7, 11) is -1.99. The number of rotatable bonds is 8. The first-order valence-electron chi connectivity index (χ1n) is 11.0. The number of halogens is 1. The van der Waals surface area contributed by atoms with Crippen LogP contribution in [0.1, 0.15) is 5.56 Å². The highest BCUT2D eigenvalue weighted by Gasteiger charge is 2.11. The molecule has 10 nitrogen and oxygen atoms in total. The first kappa shape index (κ1) is 25.9. The van der Waals surface area contributed by atoms with Gasteiger partial charge in [0.25, 0.3) is 0 Å². The Bertz CT molecular complexity index is 1510. The molecule has 0 aliphatic rings. The highest BCUT2D eigenvalue weighted by atomic mass is 35.5. The lowest BCUT2D eigenvalue weighted by Crippen LogP contribution is -2.28. The van der Waals surface area contributed by atoms with Crippen LogP contribution in [0.4, 0.5) is 33.6 Å². The van der Waals surface area contributed by atoms with Crippen molar-refractivity contribution in [3.05, 3.63) is 95.6 Å². The Morgan fingerprint density at radius 2 is 1.76 bits per heavy atom. The Balaban J connectivity index is 1.39. The average Bonchev–Trinajstić information content (AvgIpc) is 2.88. The predicted molar refractivity (Wildman–Crippen MR) is 145 cm³/mol. The third-order valence-corrected chi connectivity index (χ3v) is 6.59. The SMILES string of the molecule is CN(c1ccc(NC(=O)NCc2ccccc2Cl)cc1)c1ccnc(Nc2cccc(S(N)(=O)=O)c2)n1. The molecule has 1 aromatic heterocycles. The summed E-state index contributed by atoms with van der Waals surface area (Å²) in [5.41, 5.74) is 2.75. The van der Waals surface area contributed by atoms with E-state index < -0.39 is 10.0 Å². The molecule has 190 valence electrons. The van der Waals surface area contributed by atoms with Crippen LogP contribution in [0.5, 0.6) is 0 Å². The van der Waals surface area contributed by atoms with Crippen LogP contribution in [0.3, 0.4) is 0 Å². The second-order valence-electron chi connectivity index (χ2n) is 7.94. The van der Waals surface area contributed by atoms with E-state index in [9.17, 15) is 13.2 Å². The molecule has 0 atom stereocenters. The molecule has 12 heteroatoms. The molecule has 5 N–H and O–H groups in total. The lowest BCUT2D eigenvalue weighted by Gasteiger charge is -2.19. The molecule has 0 bridgehead atoms. The molecule has 3 aromatic carbocycles. The molecule has 0 aliphatic carbocycles. The zero-order valence-corrected chi connectivity index (χ0v) is 21.3. The number of amides is 2. The Morgan fingerprint density at radius 3 is 2.49 bits per heavy atom. The molecule has 0 radical (unpaired) electrons. The monoisotopic (exact) mass is 537 g/mol. The van der Waals surface area contributed by atoms with Gasteiger partial charge in [-0.15, -0.1) is 0 Å². The Hall–Kier alpha value is -4.19. The number of carbonyl (C=O) groups excluding carboxylic acids is 1. The van der Waals surface area contributed by atoms with Crippen LogP contribution < -0.4 is 26.0 Å². The highest BCUT2D eigenvalue weighted by Crippen LogP contribution is 2.25. The number of anilines is 5.